The highest BCUT2D eigenvalue weighted by atomic mass is 28.4. The maximum absolute atomic E-state index is 12.8. The van der Waals surface area contributed by atoms with E-state index in [4.69, 9.17) is 4.43 Å². The number of nitrogens with one attached hydrogen (secondary N) is 1. The van der Waals surface area contributed by atoms with E-state index in [0.29, 0.717) is 34.2 Å². The van der Waals surface area contributed by atoms with Crippen LogP contribution in [0.25, 0.3) is 0 Å². The number of carbonyl (C=O) groups is 2. The zero-order valence-electron chi connectivity index (χ0n) is 18.9. The minimum Gasteiger partial charge on any atom is -0.412 e. The molecule has 0 fully saturated rings. The third kappa shape index (κ3) is 4.39. The van der Waals surface area contributed by atoms with Crippen LogP contribution in [0.5, 0.6) is 0 Å². The lowest BCUT2D eigenvalue weighted by molar-refractivity contribution is 0.0445. The maximum atomic E-state index is 12.8. The van der Waals surface area contributed by atoms with Crippen LogP contribution in [0.15, 0.2) is 36.9 Å². The van der Waals surface area contributed by atoms with E-state index in [1.165, 1.54) is 0 Å². The fraction of sp³-hybridized carbons (Fsp3) is 0.565. The number of hydrogen-bond donors (Lipinski definition) is 1. The number of hydrogen-bond acceptors (Lipinski definition) is 4. The lowest BCUT2D eigenvalue weighted by Crippen LogP contribution is -2.57. The summed E-state index contributed by atoms with van der Waals surface area (Å²) in [5, 5.41) is 1.14. The van der Waals surface area contributed by atoms with Crippen molar-refractivity contribution in [3.05, 3.63) is 48.0 Å². The number of carbonyl (C=O) groups excluding carboxylic acids is 2. The monoisotopic (exact) mass is 416 g/mol. The van der Waals surface area contributed by atoms with Crippen LogP contribution in [0.2, 0.25) is 16.6 Å². The van der Waals surface area contributed by atoms with Crippen LogP contribution in [-0.2, 0) is 4.43 Å². The highest BCUT2D eigenvalue weighted by Crippen LogP contribution is 2.43. The Balaban J connectivity index is 2.26. The molecule has 0 unspecified atom stereocenters. The second-order valence-electron chi connectivity index (χ2n) is 8.89. The SMILES string of the molecule is C=CC[C@H](NN1C(=O)c2ccccc2C1=O)[C@@H](C)O[Si](C(C)C)(C(C)C)C(C)C. The molecule has 0 aromatic heterocycles. The molecule has 2 atom stereocenters. The molecule has 0 saturated heterocycles. The molecule has 1 aliphatic rings. The fourth-order valence-electron chi connectivity index (χ4n) is 4.81. The molecular formula is C23H36N2O3Si. The van der Waals surface area contributed by atoms with Crippen LogP contribution in [0.4, 0.5) is 0 Å². The van der Waals surface area contributed by atoms with Crippen molar-refractivity contribution < 1.29 is 14.0 Å². The van der Waals surface area contributed by atoms with Crippen molar-refractivity contribution in [2.75, 3.05) is 0 Å². The highest BCUT2D eigenvalue weighted by molar-refractivity contribution is 6.77. The van der Waals surface area contributed by atoms with Gasteiger partial charge in [-0.3, -0.25) is 9.59 Å². The van der Waals surface area contributed by atoms with Crippen LogP contribution >= 0.6 is 0 Å². The molecule has 160 valence electrons. The molecule has 0 saturated carbocycles. The van der Waals surface area contributed by atoms with Gasteiger partial charge in [-0.2, -0.15) is 0 Å². The Morgan fingerprint density at radius 3 is 1.79 bits per heavy atom. The Hall–Kier alpha value is -1.76. The third-order valence-corrected chi connectivity index (χ3v) is 12.4. The van der Waals surface area contributed by atoms with E-state index in [-0.39, 0.29) is 24.0 Å². The smallest absolute Gasteiger partial charge is 0.276 e. The molecule has 5 nitrogen and oxygen atoms in total. The number of hydrazine groups is 1. The van der Waals surface area contributed by atoms with Gasteiger partial charge in [0.05, 0.1) is 23.3 Å². The summed E-state index contributed by atoms with van der Waals surface area (Å²) in [5.41, 5.74) is 5.39. The highest BCUT2D eigenvalue weighted by Gasteiger charge is 2.47. The van der Waals surface area contributed by atoms with Gasteiger partial charge in [0.15, 0.2) is 0 Å². The van der Waals surface area contributed by atoms with Crippen molar-refractivity contribution in [1.29, 1.82) is 0 Å². The van der Waals surface area contributed by atoms with Gasteiger partial charge in [-0.25, -0.2) is 10.4 Å². The minimum atomic E-state index is -2.10. The van der Waals surface area contributed by atoms with Gasteiger partial charge in [-0.05, 0) is 42.1 Å². The van der Waals surface area contributed by atoms with Crippen molar-refractivity contribution >= 4 is 20.1 Å². The number of nitrogens with zero attached hydrogens (tertiary/aromatic N) is 1. The first-order valence-corrected chi connectivity index (χ1v) is 12.7. The summed E-state index contributed by atoms with van der Waals surface area (Å²) in [6, 6.07) is 6.70. The second-order valence-corrected chi connectivity index (χ2v) is 14.3. The summed E-state index contributed by atoms with van der Waals surface area (Å²) in [4.78, 5) is 25.5. The average Bonchev–Trinajstić information content (AvgIpc) is 2.89. The Morgan fingerprint density at radius 2 is 1.41 bits per heavy atom. The summed E-state index contributed by atoms with van der Waals surface area (Å²) in [6.07, 6.45) is 2.23. The molecule has 0 aliphatic carbocycles. The number of imide groups is 1. The van der Waals surface area contributed by atoms with Gasteiger partial charge in [0, 0.05) is 0 Å². The maximum Gasteiger partial charge on any atom is 0.276 e. The van der Waals surface area contributed by atoms with Crippen molar-refractivity contribution in [1.82, 2.24) is 10.4 Å². The van der Waals surface area contributed by atoms with Gasteiger partial charge in [-0.1, -0.05) is 59.8 Å². The first kappa shape index (κ1) is 23.5. The molecule has 29 heavy (non-hydrogen) atoms. The molecule has 6 heteroatoms. The second kappa shape index (κ2) is 9.37. The van der Waals surface area contributed by atoms with Crippen molar-refractivity contribution in [3.63, 3.8) is 0 Å². The predicted octanol–water partition coefficient (Wildman–Crippen LogP) is 5.31. The largest absolute Gasteiger partial charge is 0.412 e. The molecule has 0 spiro atoms. The van der Waals surface area contributed by atoms with Gasteiger partial charge in [-0.15, -0.1) is 6.58 Å². The Kier molecular flexibility index (Phi) is 7.60. The van der Waals surface area contributed by atoms with Gasteiger partial charge in [0.2, 0.25) is 8.32 Å². The molecule has 2 amide bonds. The summed E-state index contributed by atoms with van der Waals surface area (Å²) in [5.74, 6) is -0.626. The normalized spacial score (nSPS) is 16.7. The third-order valence-electron chi connectivity index (χ3n) is 6.17. The van der Waals surface area contributed by atoms with E-state index in [1.807, 2.05) is 6.92 Å². The molecule has 0 radical (unpaired) electrons. The van der Waals surface area contributed by atoms with Crippen molar-refractivity contribution in [2.45, 2.75) is 83.7 Å². The van der Waals surface area contributed by atoms with E-state index < -0.39 is 8.32 Å². The van der Waals surface area contributed by atoms with E-state index in [9.17, 15) is 9.59 Å². The molecule has 1 aromatic carbocycles. The molecule has 1 aromatic rings. The van der Waals surface area contributed by atoms with Crippen LogP contribution in [0.3, 0.4) is 0 Å². The number of fused-ring (bicyclic) bond motifs is 1. The zero-order chi connectivity index (χ0) is 21.9. The lowest BCUT2D eigenvalue weighted by atomic mass is 10.1. The number of amides is 2. The van der Waals surface area contributed by atoms with Crippen LogP contribution in [0, 0.1) is 0 Å². The predicted molar refractivity (Wildman–Crippen MR) is 120 cm³/mol. The van der Waals surface area contributed by atoms with E-state index >= 15 is 0 Å². The number of rotatable bonds is 10. The van der Waals surface area contributed by atoms with Crippen LogP contribution in [-0.4, -0.2) is 37.3 Å². The quantitative estimate of drug-likeness (QED) is 0.319. The van der Waals surface area contributed by atoms with Gasteiger partial charge >= 0.3 is 0 Å². The lowest BCUT2D eigenvalue weighted by Gasteiger charge is -2.45. The first-order valence-electron chi connectivity index (χ1n) is 10.6. The Labute approximate surface area is 176 Å². The van der Waals surface area contributed by atoms with Gasteiger partial charge < -0.3 is 4.43 Å². The number of benzene rings is 1. The van der Waals surface area contributed by atoms with Crippen LogP contribution in [0.1, 0.15) is 75.6 Å². The topological polar surface area (TPSA) is 58.6 Å². The Bertz CT molecular complexity index is 703. The summed E-state index contributed by atoms with van der Waals surface area (Å²) >= 11 is 0. The summed E-state index contributed by atoms with van der Waals surface area (Å²) in [6.45, 7) is 19.4. The van der Waals surface area contributed by atoms with E-state index in [2.05, 4.69) is 53.5 Å². The van der Waals surface area contributed by atoms with Crippen LogP contribution < -0.4 is 5.43 Å². The molecule has 2 rings (SSSR count). The van der Waals surface area contributed by atoms with E-state index in [0.717, 1.165) is 5.01 Å². The van der Waals surface area contributed by atoms with E-state index in [1.54, 1.807) is 30.3 Å². The molecule has 1 heterocycles. The summed E-state index contributed by atoms with van der Waals surface area (Å²) < 4.78 is 6.87. The first-order chi connectivity index (χ1) is 13.6. The fourth-order valence-corrected chi connectivity index (χ4v) is 10.4. The van der Waals surface area contributed by atoms with Crippen molar-refractivity contribution in [2.24, 2.45) is 0 Å². The van der Waals surface area contributed by atoms with Crippen molar-refractivity contribution in [3.8, 4) is 0 Å². The molecule has 0 bridgehead atoms. The van der Waals surface area contributed by atoms with Gasteiger partial charge in [0.1, 0.15) is 0 Å². The molecule has 1 aliphatic heterocycles. The zero-order valence-corrected chi connectivity index (χ0v) is 19.9. The van der Waals surface area contributed by atoms with Gasteiger partial charge in [0.25, 0.3) is 11.8 Å². The molecule has 1 N–H and O–H groups in total. The summed E-state index contributed by atoms with van der Waals surface area (Å²) in [7, 11) is -2.10. The average molecular weight is 417 g/mol. The Morgan fingerprint density at radius 1 is 0.966 bits per heavy atom. The minimum absolute atomic E-state index is 0.170. The standard InChI is InChI=1S/C23H36N2O3Si/c1-9-12-21(18(8)28-29(15(2)3,16(4)5)17(6)7)24-25-22(26)19-13-10-11-14-20(19)23(25)27/h9-11,13-18,21,24H,1,12H2,2-8H3/t18-,21+/m1/s1. The molecular weight excluding hydrogens is 380 g/mol.